The molecule has 3 nitrogen and oxygen atoms in total. The Labute approximate surface area is 122 Å². The summed E-state index contributed by atoms with van der Waals surface area (Å²) in [5.41, 5.74) is 1.32. The normalized spacial score (nSPS) is 14.5. The van der Waals surface area contributed by atoms with E-state index in [1.54, 1.807) is 6.20 Å². The number of anilines is 2. The number of benzene rings is 1. The fourth-order valence-corrected chi connectivity index (χ4v) is 2.57. The molecule has 1 N–H and O–H groups in total. The molecule has 1 saturated heterocycles. The Hall–Kier alpha value is -2.17. The summed E-state index contributed by atoms with van der Waals surface area (Å²) in [5.74, 6) is -0.193. The van der Waals surface area contributed by atoms with E-state index in [1.807, 2.05) is 12.1 Å². The van der Waals surface area contributed by atoms with Gasteiger partial charge in [0.25, 0.3) is 0 Å². The number of hydrogen-bond donors (Lipinski definition) is 1. The monoisotopic (exact) mass is 289 g/mol. The van der Waals surface area contributed by atoms with Crippen molar-refractivity contribution in [1.29, 1.82) is 0 Å². The fourth-order valence-electron chi connectivity index (χ4n) is 2.57. The van der Waals surface area contributed by atoms with Crippen molar-refractivity contribution in [3.63, 3.8) is 0 Å². The van der Waals surface area contributed by atoms with Crippen LogP contribution in [0.3, 0.4) is 0 Å². The average molecular weight is 289 g/mol. The zero-order chi connectivity index (χ0) is 14.7. The van der Waals surface area contributed by atoms with Gasteiger partial charge in [-0.3, -0.25) is 0 Å². The lowest BCUT2D eigenvalue weighted by Gasteiger charge is -2.20. The lowest BCUT2D eigenvalue weighted by molar-refractivity contribution is 0.574. The van der Waals surface area contributed by atoms with Gasteiger partial charge in [0.1, 0.15) is 11.6 Å². The molecule has 21 heavy (non-hydrogen) atoms. The van der Waals surface area contributed by atoms with E-state index in [1.165, 1.54) is 25.0 Å². The smallest absolute Gasteiger partial charge is 0.151 e. The molecule has 0 saturated carbocycles. The van der Waals surface area contributed by atoms with E-state index >= 15 is 0 Å². The van der Waals surface area contributed by atoms with Gasteiger partial charge in [-0.05, 0) is 31.0 Å². The van der Waals surface area contributed by atoms with Gasteiger partial charge in [-0.15, -0.1) is 0 Å². The summed E-state index contributed by atoms with van der Waals surface area (Å²) in [6.07, 6.45) is 4.10. The van der Waals surface area contributed by atoms with E-state index in [0.29, 0.717) is 12.1 Å². The molecule has 1 aromatic carbocycles. The largest absolute Gasteiger partial charge is 0.378 e. The molecule has 0 unspecified atom stereocenters. The first-order chi connectivity index (χ1) is 10.2. The third-order valence-corrected chi connectivity index (χ3v) is 3.68. The van der Waals surface area contributed by atoms with Gasteiger partial charge in [-0.25, -0.2) is 13.8 Å². The second-order valence-corrected chi connectivity index (χ2v) is 5.16. The molecule has 1 aliphatic heterocycles. The summed E-state index contributed by atoms with van der Waals surface area (Å²) in [6, 6.07) is 7.42. The van der Waals surface area contributed by atoms with Crippen molar-refractivity contribution in [3.05, 3.63) is 53.7 Å². The highest BCUT2D eigenvalue weighted by Gasteiger charge is 2.16. The lowest BCUT2D eigenvalue weighted by Crippen LogP contribution is -2.20. The van der Waals surface area contributed by atoms with Gasteiger partial charge in [0.05, 0.1) is 5.69 Å². The molecule has 3 rings (SSSR count). The van der Waals surface area contributed by atoms with Crippen LogP contribution < -0.4 is 10.2 Å². The zero-order valence-corrected chi connectivity index (χ0v) is 11.6. The van der Waals surface area contributed by atoms with Crippen LogP contribution >= 0.6 is 0 Å². The quantitative estimate of drug-likeness (QED) is 0.932. The molecule has 1 aromatic heterocycles. The minimum absolute atomic E-state index is 0.304. The molecule has 110 valence electrons. The maximum Gasteiger partial charge on any atom is 0.151 e. The summed E-state index contributed by atoms with van der Waals surface area (Å²) >= 11 is 0. The number of hydrogen-bond acceptors (Lipinski definition) is 3. The Balaban J connectivity index is 1.75. The SMILES string of the molecule is Fc1ccc(CNc2cccnc2N2CCCC2)c(F)c1. The van der Waals surface area contributed by atoms with E-state index in [9.17, 15) is 8.78 Å². The fraction of sp³-hybridized carbons (Fsp3) is 0.312. The molecule has 2 heterocycles. The maximum atomic E-state index is 13.6. The maximum absolute atomic E-state index is 13.6. The van der Waals surface area contributed by atoms with Crippen LogP contribution in [-0.4, -0.2) is 18.1 Å². The van der Waals surface area contributed by atoms with Crippen molar-refractivity contribution in [3.8, 4) is 0 Å². The van der Waals surface area contributed by atoms with Crippen molar-refractivity contribution in [2.75, 3.05) is 23.3 Å². The van der Waals surface area contributed by atoms with Crippen molar-refractivity contribution in [1.82, 2.24) is 4.98 Å². The Kier molecular flexibility index (Phi) is 3.99. The number of nitrogens with one attached hydrogen (secondary N) is 1. The molecule has 0 bridgehead atoms. The van der Waals surface area contributed by atoms with Crippen LogP contribution in [0.5, 0.6) is 0 Å². The predicted molar refractivity (Wildman–Crippen MR) is 79.4 cm³/mol. The Bertz CT molecular complexity index is 625. The molecule has 0 spiro atoms. The Morgan fingerprint density at radius 3 is 2.71 bits per heavy atom. The molecule has 1 aliphatic rings. The van der Waals surface area contributed by atoms with E-state index < -0.39 is 11.6 Å². The number of halogens is 2. The van der Waals surface area contributed by atoms with E-state index in [0.717, 1.165) is 30.7 Å². The predicted octanol–water partition coefficient (Wildman–Crippen LogP) is 3.57. The van der Waals surface area contributed by atoms with Gasteiger partial charge >= 0.3 is 0 Å². The first kappa shape index (κ1) is 13.8. The Morgan fingerprint density at radius 1 is 1.14 bits per heavy atom. The minimum atomic E-state index is -0.560. The highest BCUT2D eigenvalue weighted by molar-refractivity contribution is 5.65. The van der Waals surface area contributed by atoms with Gasteiger partial charge in [-0.1, -0.05) is 6.07 Å². The van der Waals surface area contributed by atoms with Crippen LogP contribution in [0.15, 0.2) is 36.5 Å². The van der Waals surface area contributed by atoms with E-state index in [-0.39, 0.29) is 0 Å². The van der Waals surface area contributed by atoms with Gasteiger partial charge in [0.15, 0.2) is 5.82 Å². The first-order valence-electron chi connectivity index (χ1n) is 7.12. The van der Waals surface area contributed by atoms with Gasteiger partial charge in [0, 0.05) is 37.5 Å². The molecular weight excluding hydrogens is 272 g/mol. The van der Waals surface area contributed by atoms with Crippen molar-refractivity contribution >= 4 is 11.5 Å². The molecular formula is C16H17F2N3. The summed E-state index contributed by atoms with van der Waals surface area (Å²) in [4.78, 5) is 6.64. The van der Waals surface area contributed by atoms with Crippen LogP contribution in [-0.2, 0) is 6.54 Å². The second kappa shape index (κ2) is 6.08. The van der Waals surface area contributed by atoms with Gasteiger partial charge in [-0.2, -0.15) is 0 Å². The highest BCUT2D eigenvalue weighted by Crippen LogP contribution is 2.26. The first-order valence-corrected chi connectivity index (χ1v) is 7.12. The standard InChI is InChI=1S/C16H17F2N3/c17-13-6-5-12(14(18)10-13)11-20-15-4-3-7-19-16(15)21-8-1-2-9-21/h3-7,10,20H,1-2,8-9,11H2. The summed E-state index contributed by atoms with van der Waals surface area (Å²) < 4.78 is 26.6. The molecule has 0 radical (unpaired) electrons. The third-order valence-electron chi connectivity index (χ3n) is 3.68. The van der Waals surface area contributed by atoms with Crippen molar-refractivity contribution in [2.45, 2.75) is 19.4 Å². The van der Waals surface area contributed by atoms with E-state index in [4.69, 9.17) is 0 Å². The van der Waals surface area contributed by atoms with Crippen LogP contribution in [0, 0.1) is 11.6 Å². The van der Waals surface area contributed by atoms with Crippen LogP contribution in [0.2, 0.25) is 0 Å². The van der Waals surface area contributed by atoms with Gasteiger partial charge in [0.2, 0.25) is 0 Å². The van der Waals surface area contributed by atoms with Gasteiger partial charge < -0.3 is 10.2 Å². The third kappa shape index (κ3) is 3.12. The molecule has 1 fully saturated rings. The number of pyridine rings is 1. The number of nitrogens with zero attached hydrogens (tertiary/aromatic N) is 2. The summed E-state index contributed by atoms with van der Waals surface area (Å²) in [6.45, 7) is 2.30. The number of aromatic nitrogens is 1. The zero-order valence-electron chi connectivity index (χ0n) is 11.6. The minimum Gasteiger partial charge on any atom is -0.378 e. The molecule has 2 aromatic rings. The van der Waals surface area contributed by atoms with Crippen LogP contribution in [0.4, 0.5) is 20.3 Å². The number of rotatable bonds is 4. The highest BCUT2D eigenvalue weighted by atomic mass is 19.1. The molecule has 0 atom stereocenters. The van der Waals surface area contributed by atoms with Crippen molar-refractivity contribution < 1.29 is 8.78 Å². The van der Waals surface area contributed by atoms with E-state index in [2.05, 4.69) is 15.2 Å². The summed E-state index contributed by atoms with van der Waals surface area (Å²) in [7, 11) is 0. The molecule has 0 aliphatic carbocycles. The molecule has 0 amide bonds. The topological polar surface area (TPSA) is 28.2 Å². The lowest BCUT2D eigenvalue weighted by atomic mass is 10.2. The Morgan fingerprint density at radius 2 is 1.95 bits per heavy atom. The second-order valence-electron chi connectivity index (χ2n) is 5.16. The van der Waals surface area contributed by atoms with Crippen molar-refractivity contribution in [2.24, 2.45) is 0 Å². The average Bonchev–Trinajstić information content (AvgIpc) is 3.01. The molecule has 5 heteroatoms. The van der Waals surface area contributed by atoms with Crippen LogP contribution in [0.25, 0.3) is 0 Å². The summed E-state index contributed by atoms with van der Waals surface area (Å²) in [5, 5.41) is 3.20. The van der Waals surface area contributed by atoms with Crippen LogP contribution in [0.1, 0.15) is 18.4 Å².